The van der Waals surface area contributed by atoms with Crippen molar-refractivity contribution >= 4 is 11.7 Å². The number of benzene rings is 1. The number of rotatable bonds is 6. The van der Waals surface area contributed by atoms with E-state index >= 15 is 0 Å². The third kappa shape index (κ3) is 3.63. The number of nitrogens with two attached hydrogens (primary N) is 1. The lowest BCUT2D eigenvalue weighted by atomic mass is 10.1. The third-order valence-electron chi connectivity index (χ3n) is 2.37. The van der Waals surface area contributed by atoms with Crippen LogP contribution in [-0.2, 0) is 4.74 Å². The molecule has 0 spiro atoms. The number of carbonyl (C=O) groups excluding carboxylic acids is 1. The quantitative estimate of drug-likeness (QED) is 0.592. The Kier molecular flexibility index (Phi) is 5.45. The van der Waals surface area contributed by atoms with Crippen LogP contribution in [0.4, 0.5) is 5.69 Å². The number of hydrogen-bond acceptors (Lipinski definition) is 5. The zero-order valence-electron chi connectivity index (χ0n) is 10.7. The lowest BCUT2D eigenvalue weighted by molar-refractivity contribution is 0.0402. The van der Waals surface area contributed by atoms with Gasteiger partial charge < -0.3 is 20.3 Å². The van der Waals surface area contributed by atoms with E-state index in [1.165, 1.54) is 0 Å². The van der Waals surface area contributed by atoms with Gasteiger partial charge in [-0.1, -0.05) is 13.0 Å². The van der Waals surface area contributed by atoms with Crippen LogP contribution in [0.25, 0.3) is 0 Å². The Morgan fingerprint density at radius 1 is 1.50 bits per heavy atom. The molecule has 1 aromatic carbocycles. The van der Waals surface area contributed by atoms with Crippen molar-refractivity contribution in [1.82, 2.24) is 0 Å². The molecular formula is C13H19NO4. The second kappa shape index (κ2) is 6.86. The summed E-state index contributed by atoms with van der Waals surface area (Å²) < 4.78 is 10.4. The van der Waals surface area contributed by atoms with Gasteiger partial charge in [-0.3, -0.25) is 0 Å². The van der Waals surface area contributed by atoms with Crippen molar-refractivity contribution in [2.45, 2.75) is 13.8 Å². The van der Waals surface area contributed by atoms with Crippen molar-refractivity contribution in [1.29, 1.82) is 0 Å². The fourth-order valence-electron chi connectivity index (χ4n) is 1.39. The molecule has 1 aromatic rings. The first-order valence-electron chi connectivity index (χ1n) is 5.89. The van der Waals surface area contributed by atoms with Crippen LogP contribution in [0.3, 0.4) is 0 Å². The molecule has 3 N–H and O–H groups in total. The minimum absolute atomic E-state index is 0.0319. The van der Waals surface area contributed by atoms with Gasteiger partial charge in [-0.25, -0.2) is 4.79 Å². The van der Waals surface area contributed by atoms with Crippen LogP contribution in [-0.4, -0.2) is 30.9 Å². The number of carbonyl (C=O) groups is 1. The smallest absolute Gasteiger partial charge is 0.344 e. The van der Waals surface area contributed by atoms with Gasteiger partial charge >= 0.3 is 5.97 Å². The van der Waals surface area contributed by atoms with Crippen molar-refractivity contribution in [3.05, 3.63) is 23.8 Å². The van der Waals surface area contributed by atoms with E-state index in [4.69, 9.17) is 20.3 Å². The topological polar surface area (TPSA) is 81.8 Å². The molecule has 5 heteroatoms. The van der Waals surface area contributed by atoms with Crippen LogP contribution >= 0.6 is 0 Å². The molecule has 1 rings (SSSR count). The first-order chi connectivity index (χ1) is 8.60. The molecule has 1 unspecified atom stereocenters. The van der Waals surface area contributed by atoms with Crippen molar-refractivity contribution < 1.29 is 19.4 Å². The number of nitrogen functional groups attached to an aromatic ring is 1. The summed E-state index contributed by atoms with van der Waals surface area (Å²) in [7, 11) is 0. The number of aliphatic hydroxyl groups excluding tert-OH is 1. The fraction of sp³-hybridized carbons (Fsp3) is 0.462. The zero-order chi connectivity index (χ0) is 13.5. The van der Waals surface area contributed by atoms with Gasteiger partial charge in [0.1, 0.15) is 11.3 Å². The molecule has 1 atom stereocenters. The minimum atomic E-state index is -0.531. The number of ether oxygens (including phenoxy) is 2. The predicted octanol–water partition coefficient (Wildman–Crippen LogP) is 1.45. The van der Waals surface area contributed by atoms with Gasteiger partial charge in [-0.15, -0.1) is 0 Å². The summed E-state index contributed by atoms with van der Waals surface area (Å²) in [6.45, 7) is 4.17. The average molecular weight is 253 g/mol. The maximum absolute atomic E-state index is 11.9. The van der Waals surface area contributed by atoms with Gasteiger partial charge in [-0.2, -0.15) is 0 Å². The highest BCUT2D eigenvalue weighted by Crippen LogP contribution is 2.25. The van der Waals surface area contributed by atoms with E-state index in [-0.39, 0.29) is 24.7 Å². The zero-order valence-corrected chi connectivity index (χ0v) is 10.7. The van der Waals surface area contributed by atoms with E-state index in [0.29, 0.717) is 18.0 Å². The fourth-order valence-corrected chi connectivity index (χ4v) is 1.39. The van der Waals surface area contributed by atoms with E-state index in [1.54, 1.807) is 25.1 Å². The van der Waals surface area contributed by atoms with Crippen LogP contribution in [0.5, 0.6) is 5.75 Å². The largest absolute Gasteiger partial charge is 0.493 e. The van der Waals surface area contributed by atoms with E-state index in [1.807, 2.05) is 6.92 Å². The average Bonchev–Trinajstić information content (AvgIpc) is 2.36. The lowest BCUT2D eigenvalue weighted by Gasteiger charge is -2.13. The number of aliphatic hydroxyl groups is 1. The number of anilines is 1. The van der Waals surface area contributed by atoms with E-state index < -0.39 is 5.97 Å². The molecule has 100 valence electrons. The highest BCUT2D eigenvalue weighted by Gasteiger charge is 2.18. The molecule has 0 aliphatic heterocycles. The van der Waals surface area contributed by atoms with Crippen molar-refractivity contribution in [3.63, 3.8) is 0 Å². The summed E-state index contributed by atoms with van der Waals surface area (Å²) in [6, 6.07) is 5.01. The van der Waals surface area contributed by atoms with E-state index in [2.05, 4.69) is 0 Å². The van der Waals surface area contributed by atoms with E-state index in [9.17, 15) is 4.79 Å². The van der Waals surface area contributed by atoms with Gasteiger partial charge in [0.05, 0.1) is 13.2 Å². The molecule has 5 nitrogen and oxygen atoms in total. The second-order valence-corrected chi connectivity index (χ2v) is 4.04. The molecule has 0 heterocycles. The van der Waals surface area contributed by atoms with Crippen molar-refractivity contribution in [2.24, 2.45) is 5.92 Å². The van der Waals surface area contributed by atoms with Gasteiger partial charge in [-0.05, 0) is 19.1 Å². The first kappa shape index (κ1) is 14.3. The summed E-state index contributed by atoms with van der Waals surface area (Å²) in [5.41, 5.74) is 6.32. The molecular weight excluding hydrogens is 234 g/mol. The predicted molar refractivity (Wildman–Crippen MR) is 68.6 cm³/mol. The summed E-state index contributed by atoms with van der Waals surface area (Å²) in [4.78, 5) is 11.9. The first-order valence-corrected chi connectivity index (χ1v) is 5.89. The van der Waals surface area contributed by atoms with Crippen molar-refractivity contribution in [2.75, 3.05) is 25.6 Å². The monoisotopic (exact) mass is 253 g/mol. The highest BCUT2D eigenvalue weighted by molar-refractivity contribution is 5.98. The Morgan fingerprint density at radius 3 is 2.83 bits per heavy atom. The normalized spacial score (nSPS) is 11.9. The highest BCUT2D eigenvalue weighted by atomic mass is 16.5. The second-order valence-electron chi connectivity index (χ2n) is 4.04. The summed E-state index contributed by atoms with van der Waals surface area (Å²) in [5.74, 6) is -0.217. The Balaban J connectivity index is 2.83. The van der Waals surface area contributed by atoms with Crippen LogP contribution in [0, 0.1) is 5.92 Å². The molecule has 0 bridgehead atoms. The Morgan fingerprint density at radius 2 is 2.22 bits per heavy atom. The molecule has 0 amide bonds. The van der Waals surface area contributed by atoms with Crippen LogP contribution in [0.2, 0.25) is 0 Å². The molecule has 0 saturated carbocycles. The number of esters is 1. The summed E-state index contributed by atoms with van der Waals surface area (Å²) in [5, 5.41) is 8.87. The lowest BCUT2D eigenvalue weighted by Crippen LogP contribution is -2.16. The summed E-state index contributed by atoms with van der Waals surface area (Å²) >= 11 is 0. The van der Waals surface area contributed by atoms with Gasteiger partial charge in [0.2, 0.25) is 0 Å². The molecule has 0 fully saturated rings. The van der Waals surface area contributed by atoms with Crippen LogP contribution in [0.15, 0.2) is 18.2 Å². The number of hydrogen-bond donors (Lipinski definition) is 2. The SMILES string of the molecule is CCOc1cccc(N)c1C(=O)OCC(C)CO. The van der Waals surface area contributed by atoms with Gasteiger partial charge in [0.15, 0.2) is 0 Å². The minimum Gasteiger partial charge on any atom is -0.493 e. The van der Waals surface area contributed by atoms with Gasteiger partial charge in [0, 0.05) is 18.2 Å². The Labute approximate surface area is 107 Å². The van der Waals surface area contributed by atoms with Crippen molar-refractivity contribution in [3.8, 4) is 5.75 Å². The Hall–Kier alpha value is -1.75. The molecule has 0 saturated heterocycles. The standard InChI is InChI=1S/C13H19NO4/c1-3-17-11-6-4-5-10(14)12(11)13(16)18-8-9(2)7-15/h4-6,9,15H,3,7-8,14H2,1-2H3. The molecule has 0 aliphatic carbocycles. The Bertz CT molecular complexity index is 406. The molecule has 0 radical (unpaired) electrons. The molecule has 0 aromatic heterocycles. The van der Waals surface area contributed by atoms with Crippen LogP contribution in [0.1, 0.15) is 24.2 Å². The van der Waals surface area contributed by atoms with E-state index in [0.717, 1.165) is 0 Å². The van der Waals surface area contributed by atoms with Gasteiger partial charge in [0.25, 0.3) is 0 Å². The summed E-state index contributed by atoms with van der Waals surface area (Å²) in [6.07, 6.45) is 0. The maximum atomic E-state index is 11.9. The molecule has 0 aliphatic rings. The maximum Gasteiger partial charge on any atom is 0.344 e. The third-order valence-corrected chi connectivity index (χ3v) is 2.37. The molecule has 18 heavy (non-hydrogen) atoms. The van der Waals surface area contributed by atoms with Crippen LogP contribution < -0.4 is 10.5 Å².